The van der Waals surface area contributed by atoms with Crippen molar-refractivity contribution in [1.82, 2.24) is 0 Å². The van der Waals surface area contributed by atoms with Crippen LogP contribution in [0.15, 0.2) is 27.1 Å². The molecule has 4 nitrogen and oxygen atoms in total. The van der Waals surface area contributed by atoms with Gasteiger partial charge in [-0.1, -0.05) is 20.3 Å². The molecular weight excluding hydrogens is 337 g/mol. The van der Waals surface area contributed by atoms with Crippen LogP contribution >= 0.6 is 15.9 Å². The minimum Gasteiger partial charge on any atom is -0.591 e. The van der Waals surface area contributed by atoms with Gasteiger partial charge in [0.1, 0.15) is 21.9 Å². The van der Waals surface area contributed by atoms with E-state index >= 15 is 0 Å². The van der Waals surface area contributed by atoms with Gasteiger partial charge in [-0.15, -0.1) is 0 Å². The maximum atomic E-state index is 13.7. The number of aliphatic carboxylic acids is 1. The second kappa shape index (κ2) is 6.02. The summed E-state index contributed by atoms with van der Waals surface area (Å²) in [6, 6.07) is 3.86. The van der Waals surface area contributed by atoms with Crippen LogP contribution in [0.1, 0.15) is 26.3 Å². The lowest BCUT2D eigenvalue weighted by Gasteiger charge is -2.18. The van der Waals surface area contributed by atoms with E-state index in [0.29, 0.717) is 4.47 Å². The fourth-order valence-corrected chi connectivity index (χ4v) is 2.08. The van der Waals surface area contributed by atoms with Gasteiger partial charge in [-0.25, -0.2) is 9.18 Å². The minimum absolute atomic E-state index is 0.195. The number of carbonyl (C=O) groups is 1. The third-order valence-corrected chi connectivity index (χ3v) is 3.97. The van der Waals surface area contributed by atoms with E-state index in [1.54, 1.807) is 20.8 Å². The molecule has 0 aromatic heterocycles. The minimum atomic E-state index is -1.78. The highest BCUT2D eigenvalue weighted by molar-refractivity contribution is 9.10. The second-order valence-corrected chi connectivity index (χ2v) is 7.55. The molecule has 1 rings (SSSR count). The molecule has 0 aliphatic heterocycles. The molecule has 0 aliphatic carbocycles. The van der Waals surface area contributed by atoms with Gasteiger partial charge in [0.15, 0.2) is 0 Å². The summed E-state index contributed by atoms with van der Waals surface area (Å²) in [6.45, 7) is 4.97. The average molecular weight is 350 g/mol. The molecule has 1 atom stereocenters. The summed E-state index contributed by atoms with van der Waals surface area (Å²) >= 11 is 1.35. The number of carboxylic acids is 1. The van der Waals surface area contributed by atoms with E-state index in [0.717, 1.165) is 6.07 Å². The topological polar surface area (TPSA) is 72.7 Å². The average Bonchev–Trinajstić information content (AvgIpc) is 2.27. The third-order valence-electron chi connectivity index (χ3n) is 2.08. The molecule has 1 unspecified atom stereocenters. The fraction of sp³-hybridized carbons (Fsp3) is 0.333. The van der Waals surface area contributed by atoms with Gasteiger partial charge in [-0.3, -0.25) is 0 Å². The standard InChI is InChI=1S/C12H13BrFNO3S/c1-12(2,3)19(18)15-10(11(16)17)8-6-7(13)4-5-9(8)14/h4-6H,1-3H3,(H,16,17)/b15-10+. The first-order valence-corrected chi connectivity index (χ1v) is 7.22. The largest absolute Gasteiger partial charge is 0.591 e. The predicted octanol–water partition coefficient (Wildman–Crippen LogP) is 2.92. The summed E-state index contributed by atoms with van der Waals surface area (Å²) in [7, 11) is 0. The highest BCUT2D eigenvalue weighted by Gasteiger charge is 2.30. The van der Waals surface area contributed by atoms with Gasteiger partial charge in [0.05, 0.1) is 0 Å². The quantitative estimate of drug-likeness (QED) is 0.673. The van der Waals surface area contributed by atoms with E-state index in [1.165, 1.54) is 12.1 Å². The molecular formula is C12H13BrFNO3S. The number of benzene rings is 1. The maximum absolute atomic E-state index is 13.7. The Bertz CT molecular complexity index is 528. The Kier molecular flexibility index (Phi) is 5.11. The van der Waals surface area contributed by atoms with Gasteiger partial charge in [-0.05, 0) is 39.0 Å². The molecule has 19 heavy (non-hydrogen) atoms. The lowest BCUT2D eigenvalue weighted by atomic mass is 10.1. The van der Waals surface area contributed by atoms with E-state index in [9.17, 15) is 13.7 Å². The molecule has 0 fully saturated rings. The van der Waals surface area contributed by atoms with E-state index in [-0.39, 0.29) is 5.56 Å². The van der Waals surface area contributed by atoms with Gasteiger partial charge >= 0.3 is 5.97 Å². The van der Waals surface area contributed by atoms with Crippen molar-refractivity contribution in [3.8, 4) is 0 Å². The first-order chi connectivity index (χ1) is 8.62. The molecule has 0 radical (unpaired) electrons. The first-order valence-electron chi connectivity index (χ1n) is 5.32. The smallest absolute Gasteiger partial charge is 0.359 e. The van der Waals surface area contributed by atoms with Crippen molar-refractivity contribution in [3.05, 3.63) is 34.1 Å². The molecule has 0 bridgehead atoms. The van der Waals surface area contributed by atoms with Crippen LogP contribution in [0.2, 0.25) is 0 Å². The Balaban J connectivity index is 3.33. The first kappa shape index (κ1) is 16.1. The van der Waals surface area contributed by atoms with Crippen LogP contribution in [0.4, 0.5) is 4.39 Å². The van der Waals surface area contributed by atoms with E-state index in [4.69, 9.17) is 5.11 Å². The van der Waals surface area contributed by atoms with Crippen molar-refractivity contribution in [2.45, 2.75) is 25.5 Å². The van der Waals surface area contributed by atoms with Crippen molar-refractivity contribution in [2.75, 3.05) is 0 Å². The molecule has 0 spiro atoms. The number of hydrogen-bond acceptors (Lipinski definition) is 3. The van der Waals surface area contributed by atoms with Crippen LogP contribution in [0.25, 0.3) is 0 Å². The normalized spacial score (nSPS) is 14.3. The Morgan fingerprint density at radius 2 is 2.05 bits per heavy atom. The molecule has 0 saturated carbocycles. The van der Waals surface area contributed by atoms with E-state index in [2.05, 4.69) is 20.3 Å². The van der Waals surface area contributed by atoms with Crippen LogP contribution in [-0.2, 0) is 16.2 Å². The Morgan fingerprint density at radius 1 is 1.47 bits per heavy atom. The molecule has 1 N–H and O–H groups in total. The van der Waals surface area contributed by atoms with Crippen LogP contribution in [-0.4, -0.2) is 26.1 Å². The van der Waals surface area contributed by atoms with Crippen LogP contribution in [0, 0.1) is 5.82 Å². The molecule has 1 aromatic carbocycles. The summed E-state index contributed by atoms with van der Waals surface area (Å²) < 4.78 is 29.0. The zero-order chi connectivity index (χ0) is 14.8. The molecule has 104 valence electrons. The number of rotatable bonds is 3. The molecule has 0 amide bonds. The van der Waals surface area contributed by atoms with Gasteiger partial charge in [-0.2, -0.15) is 0 Å². The summed E-state index contributed by atoms with van der Waals surface area (Å²) in [5.74, 6) is -2.15. The Morgan fingerprint density at radius 3 is 2.53 bits per heavy atom. The van der Waals surface area contributed by atoms with Gasteiger partial charge < -0.3 is 9.66 Å². The predicted molar refractivity (Wildman–Crippen MR) is 76.2 cm³/mol. The maximum Gasteiger partial charge on any atom is 0.359 e. The van der Waals surface area contributed by atoms with Crippen molar-refractivity contribution in [2.24, 2.45) is 4.40 Å². The van der Waals surface area contributed by atoms with Crippen molar-refractivity contribution in [1.29, 1.82) is 0 Å². The summed E-state index contributed by atoms with van der Waals surface area (Å²) in [5.41, 5.74) is -0.744. The molecule has 0 saturated heterocycles. The third kappa shape index (κ3) is 4.29. The summed E-state index contributed by atoms with van der Waals surface area (Å²) in [5, 5.41) is 9.11. The van der Waals surface area contributed by atoms with Crippen molar-refractivity contribution < 1.29 is 18.8 Å². The summed E-state index contributed by atoms with van der Waals surface area (Å²) in [4.78, 5) is 11.2. The van der Waals surface area contributed by atoms with Crippen LogP contribution in [0.5, 0.6) is 0 Å². The van der Waals surface area contributed by atoms with Gasteiger partial charge in [0.2, 0.25) is 5.71 Å². The molecule has 1 aromatic rings. The second-order valence-electron chi connectivity index (χ2n) is 4.73. The summed E-state index contributed by atoms with van der Waals surface area (Å²) in [6.07, 6.45) is 0. The number of carboxylic acid groups (broad SMARTS) is 1. The fourth-order valence-electron chi connectivity index (χ4n) is 1.10. The Labute approximate surface area is 122 Å². The molecule has 7 heteroatoms. The van der Waals surface area contributed by atoms with Gasteiger partial charge in [0, 0.05) is 10.0 Å². The number of nitrogens with zero attached hydrogens (tertiary/aromatic N) is 1. The van der Waals surface area contributed by atoms with E-state index in [1.807, 2.05) is 0 Å². The lowest BCUT2D eigenvalue weighted by molar-refractivity contribution is -0.129. The molecule has 0 heterocycles. The van der Waals surface area contributed by atoms with Gasteiger partial charge in [0.25, 0.3) is 0 Å². The van der Waals surface area contributed by atoms with Crippen LogP contribution in [0.3, 0.4) is 0 Å². The zero-order valence-corrected chi connectivity index (χ0v) is 13.0. The highest BCUT2D eigenvalue weighted by Crippen LogP contribution is 2.21. The van der Waals surface area contributed by atoms with E-state index < -0.39 is 33.6 Å². The zero-order valence-electron chi connectivity index (χ0n) is 10.6. The lowest BCUT2D eigenvalue weighted by Crippen LogP contribution is -2.29. The SMILES string of the molecule is CC(C)(C)[S+]([O-])/N=C(/C(=O)O)c1cc(Br)ccc1F. The Hall–Kier alpha value is -0.920. The van der Waals surface area contributed by atoms with Crippen LogP contribution < -0.4 is 0 Å². The van der Waals surface area contributed by atoms with Crippen molar-refractivity contribution >= 4 is 39.0 Å². The highest BCUT2D eigenvalue weighted by atomic mass is 79.9. The molecule has 0 aliphatic rings. The number of halogens is 2. The number of hydrogen-bond donors (Lipinski definition) is 1. The van der Waals surface area contributed by atoms with Crippen molar-refractivity contribution in [3.63, 3.8) is 0 Å². The monoisotopic (exact) mass is 349 g/mol.